The lowest BCUT2D eigenvalue weighted by molar-refractivity contribution is -0.135. The van der Waals surface area contributed by atoms with Gasteiger partial charge in [0.05, 0.1) is 6.26 Å². The summed E-state index contributed by atoms with van der Waals surface area (Å²) in [5, 5.41) is 4.32. The summed E-state index contributed by atoms with van der Waals surface area (Å²) in [6, 6.07) is 4.24. The molecule has 0 aliphatic carbocycles. The quantitative estimate of drug-likeness (QED) is 0.923. The molecule has 0 spiro atoms. The molecule has 0 saturated carbocycles. The number of hydrogen-bond donors (Lipinski definition) is 1. The van der Waals surface area contributed by atoms with E-state index in [4.69, 9.17) is 10.2 Å². The van der Waals surface area contributed by atoms with Gasteiger partial charge >= 0.3 is 0 Å². The summed E-state index contributed by atoms with van der Waals surface area (Å²) < 4.78 is 6.50. The molecule has 2 aromatic rings. The zero-order valence-corrected chi connectivity index (χ0v) is 14.5. The van der Waals surface area contributed by atoms with E-state index in [1.807, 2.05) is 4.90 Å². The Balaban J connectivity index is 1.89. The third-order valence-corrected chi connectivity index (χ3v) is 4.63. The van der Waals surface area contributed by atoms with E-state index in [-0.39, 0.29) is 11.6 Å². The molecule has 1 amide bonds. The molecule has 3 rings (SSSR count). The maximum absolute atomic E-state index is 12.9. The zero-order chi connectivity index (χ0) is 17.8. The summed E-state index contributed by atoms with van der Waals surface area (Å²) in [5.41, 5.74) is 5.88. The van der Waals surface area contributed by atoms with Crippen molar-refractivity contribution in [2.75, 3.05) is 18.8 Å². The van der Waals surface area contributed by atoms with Gasteiger partial charge in [-0.1, -0.05) is 19.3 Å². The maximum Gasteiger partial charge on any atom is 0.290 e. The lowest BCUT2D eigenvalue weighted by Crippen LogP contribution is -2.42. The average molecular weight is 344 g/mol. The predicted octanol–water partition coefficient (Wildman–Crippen LogP) is 2.44. The van der Waals surface area contributed by atoms with E-state index in [9.17, 15) is 9.59 Å². The summed E-state index contributed by atoms with van der Waals surface area (Å²) in [6.45, 7) is 3.15. The summed E-state index contributed by atoms with van der Waals surface area (Å²) in [5.74, 6) is 0.416. The van der Waals surface area contributed by atoms with Gasteiger partial charge in [-0.25, -0.2) is 4.68 Å². The molecule has 3 heterocycles. The molecule has 0 bridgehead atoms. The fourth-order valence-electron chi connectivity index (χ4n) is 3.18. The largest absolute Gasteiger partial charge is 0.463 e. The number of carbonyl (C=O) groups excluding carboxylic acids is 1. The number of nitrogens with two attached hydrogens (primary N) is 1. The molecule has 0 aromatic carbocycles. The average Bonchev–Trinajstić information content (AvgIpc) is 3.10. The van der Waals surface area contributed by atoms with E-state index >= 15 is 0 Å². The highest BCUT2D eigenvalue weighted by Gasteiger charge is 2.25. The van der Waals surface area contributed by atoms with Crippen molar-refractivity contribution in [3.8, 4) is 11.5 Å². The van der Waals surface area contributed by atoms with E-state index < -0.39 is 11.6 Å². The highest BCUT2D eigenvalue weighted by Crippen LogP contribution is 2.20. The van der Waals surface area contributed by atoms with Gasteiger partial charge in [0.2, 0.25) is 5.91 Å². The van der Waals surface area contributed by atoms with Crippen LogP contribution < -0.4 is 11.3 Å². The fraction of sp³-hybridized carbons (Fsp3) is 0.500. The van der Waals surface area contributed by atoms with Crippen molar-refractivity contribution in [3.63, 3.8) is 0 Å². The van der Waals surface area contributed by atoms with Gasteiger partial charge in [-0.2, -0.15) is 5.10 Å². The maximum atomic E-state index is 12.9. The Bertz CT molecular complexity index is 774. The standard InChI is InChI=1S/C18H24N4O3/c1-13(17(23)21-9-5-3-2-4-6-10-21)22-18(24)14(19)12-15(20-22)16-8-7-11-25-16/h7-8,11-13H,2-6,9-10,19H2,1H3. The van der Waals surface area contributed by atoms with Crippen LogP contribution in [0.2, 0.25) is 0 Å². The first-order chi connectivity index (χ1) is 12.1. The van der Waals surface area contributed by atoms with Gasteiger partial charge in [0, 0.05) is 13.1 Å². The molecule has 134 valence electrons. The van der Waals surface area contributed by atoms with Gasteiger partial charge in [-0.05, 0) is 38.0 Å². The smallest absolute Gasteiger partial charge is 0.290 e. The van der Waals surface area contributed by atoms with Crippen LogP contribution in [-0.2, 0) is 4.79 Å². The number of anilines is 1. The van der Waals surface area contributed by atoms with Gasteiger partial charge in [-0.15, -0.1) is 0 Å². The van der Waals surface area contributed by atoms with Gasteiger partial charge in [-0.3, -0.25) is 9.59 Å². The molecule has 25 heavy (non-hydrogen) atoms. The van der Waals surface area contributed by atoms with Crippen LogP contribution in [0.5, 0.6) is 0 Å². The molecule has 1 atom stereocenters. The minimum atomic E-state index is -0.705. The van der Waals surface area contributed by atoms with E-state index in [1.165, 1.54) is 23.4 Å². The minimum absolute atomic E-state index is 0.0497. The highest BCUT2D eigenvalue weighted by atomic mass is 16.3. The summed E-state index contributed by atoms with van der Waals surface area (Å²) in [6.07, 6.45) is 7.01. The Labute approximate surface area is 146 Å². The Kier molecular flexibility index (Phi) is 5.21. The summed E-state index contributed by atoms with van der Waals surface area (Å²) in [7, 11) is 0. The number of aromatic nitrogens is 2. The van der Waals surface area contributed by atoms with Crippen LogP contribution in [-0.4, -0.2) is 33.7 Å². The third kappa shape index (κ3) is 3.75. The Hall–Kier alpha value is -2.57. The normalized spacial score (nSPS) is 16.9. The van der Waals surface area contributed by atoms with Crippen molar-refractivity contribution in [1.82, 2.24) is 14.7 Å². The number of rotatable bonds is 3. The molecule has 7 heteroatoms. The van der Waals surface area contributed by atoms with Crippen LogP contribution in [0.25, 0.3) is 11.5 Å². The second kappa shape index (κ2) is 7.55. The lowest BCUT2D eigenvalue weighted by atomic mass is 10.1. The highest BCUT2D eigenvalue weighted by molar-refractivity contribution is 5.80. The molecule has 7 nitrogen and oxygen atoms in total. The molecule has 1 saturated heterocycles. The molecule has 2 N–H and O–H groups in total. The number of amides is 1. The number of likely N-dealkylation sites (tertiary alicyclic amines) is 1. The van der Waals surface area contributed by atoms with Gasteiger partial charge in [0.1, 0.15) is 17.4 Å². The molecular formula is C18H24N4O3. The first-order valence-corrected chi connectivity index (χ1v) is 8.80. The summed E-state index contributed by atoms with van der Waals surface area (Å²) in [4.78, 5) is 27.1. The number of nitrogen functional groups attached to an aromatic ring is 1. The Morgan fingerprint density at radius 3 is 2.56 bits per heavy atom. The van der Waals surface area contributed by atoms with Crippen LogP contribution in [0, 0.1) is 0 Å². The van der Waals surface area contributed by atoms with Gasteiger partial charge < -0.3 is 15.1 Å². The molecule has 1 aliphatic heterocycles. The van der Waals surface area contributed by atoms with Crippen LogP contribution in [0.3, 0.4) is 0 Å². The Morgan fingerprint density at radius 2 is 1.92 bits per heavy atom. The summed E-state index contributed by atoms with van der Waals surface area (Å²) >= 11 is 0. The van der Waals surface area contributed by atoms with E-state index in [1.54, 1.807) is 19.1 Å². The fourth-order valence-corrected chi connectivity index (χ4v) is 3.18. The second-order valence-corrected chi connectivity index (χ2v) is 6.48. The monoisotopic (exact) mass is 344 g/mol. The molecular weight excluding hydrogens is 320 g/mol. The molecule has 2 aromatic heterocycles. The van der Waals surface area contributed by atoms with E-state index in [0.29, 0.717) is 11.5 Å². The van der Waals surface area contributed by atoms with Gasteiger partial charge in [0.25, 0.3) is 5.56 Å². The first kappa shape index (κ1) is 17.3. The number of carbonyl (C=O) groups is 1. The SMILES string of the molecule is CC(C(=O)N1CCCCCCC1)n1nc(-c2ccco2)cc(N)c1=O. The van der Waals surface area contributed by atoms with Crippen molar-refractivity contribution in [3.05, 3.63) is 34.8 Å². The van der Waals surface area contributed by atoms with E-state index in [0.717, 1.165) is 38.8 Å². The molecule has 1 unspecified atom stereocenters. The van der Waals surface area contributed by atoms with Crippen molar-refractivity contribution >= 4 is 11.6 Å². The third-order valence-electron chi connectivity index (χ3n) is 4.63. The number of furan rings is 1. The van der Waals surface area contributed by atoms with Crippen molar-refractivity contribution < 1.29 is 9.21 Å². The number of hydrogen-bond acceptors (Lipinski definition) is 5. The molecule has 0 radical (unpaired) electrons. The first-order valence-electron chi connectivity index (χ1n) is 8.80. The second-order valence-electron chi connectivity index (χ2n) is 6.48. The van der Waals surface area contributed by atoms with Crippen molar-refractivity contribution in [2.24, 2.45) is 0 Å². The lowest BCUT2D eigenvalue weighted by Gasteiger charge is -2.28. The minimum Gasteiger partial charge on any atom is -0.463 e. The Morgan fingerprint density at radius 1 is 1.24 bits per heavy atom. The zero-order valence-electron chi connectivity index (χ0n) is 14.5. The van der Waals surface area contributed by atoms with Crippen LogP contribution in [0.1, 0.15) is 45.1 Å². The van der Waals surface area contributed by atoms with Crippen molar-refractivity contribution in [2.45, 2.75) is 45.1 Å². The van der Waals surface area contributed by atoms with Gasteiger partial charge in [0.15, 0.2) is 5.76 Å². The number of nitrogens with zero attached hydrogens (tertiary/aromatic N) is 3. The van der Waals surface area contributed by atoms with Crippen LogP contribution in [0.15, 0.2) is 33.7 Å². The topological polar surface area (TPSA) is 94.4 Å². The predicted molar refractivity (Wildman–Crippen MR) is 95.0 cm³/mol. The van der Waals surface area contributed by atoms with Crippen LogP contribution in [0.4, 0.5) is 5.69 Å². The molecule has 1 fully saturated rings. The van der Waals surface area contributed by atoms with Crippen LogP contribution >= 0.6 is 0 Å². The van der Waals surface area contributed by atoms with E-state index in [2.05, 4.69) is 5.10 Å². The molecule has 1 aliphatic rings. The van der Waals surface area contributed by atoms with Crippen molar-refractivity contribution in [1.29, 1.82) is 0 Å².